The molecule has 0 aliphatic rings. The smallest absolute Gasteiger partial charge is 0.331 e. The van der Waals surface area contributed by atoms with Gasteiger partial charge in [0, 0.05) is 20.0 Å². The van der Waals surface area contributed by atoms with Gasteiger partial charge in [-0.15, -0.1) is 0 Å². The molecule has 0 amide bonds. The minimum absolute atomic E-state index is 0.114. The Morgan fingerprint density at radius 2 is 2.17 bits per heavy atom. The molecule has 8 heteroatoms. The molecule has 2 aromatic heterocycles. The lowest BCUT2D eigenvalue weighted by Gasteiger charge is -2.07. The third kappa shape index (κ3) is 2.17. The zero-order valence-corrected chi connectivity index (χ0v) is 10.0. The van der Waals surface area contributed by atoms with E-state index in [0.29, 0.717) is 12.2 Å². The number of aromatic amines is 1. The Kier molecular flexibility index (Phi) is 3.00. The highest BCUT2D eigenvalue weighted by atomic mass is 16.3. The fourth-order valence-electron chi connectivity index (χ4n) is 1.58. The van der Waals surface area contributed by atoms with Crippen molar-refractivity contribution >= 4 is 0 Å². The van der Waals surface area contributed by atoms with Crippen LogP contribution in [0.4, 0.5) is 0 Å². The first-order valence-electron chi connectivity index (χ1n) is 5.36. The summed E-state index contributed by atoms with van der Waals surface area (Å²) in [7, 11) is 1.74. The van der Waals surface area contributed by atoms with Gasteiger partial charge in [0.1, 0.15) is 6.33 Å². The lowest BCUT2D eigenvalue weighted by atomic mass is 10.3. The van der Waals surface area contributed by atoms with E-state index in [-0.39, 0.29) is 18.0 Å². The summed E-state index contributed by atoms with van der Waals surface area (Å²) in [5.74, 6) is 0.243. The SMILES string of the molecule is Cc1c(O)n(CCc2ncn(C)n2)c(=O)[nH]c1=O. The molecule has 2 aromatic rings. The van der Waals surface area contributed by atoms with E-state index in [0.717, 1.165) is 4.57 Å². The number of aryl methyl sites for hydroxylation is 2. The van der Waals surface area contributed by atoms with Gasteiger partial charge in [-0.3, -0.25) is 19.0 Å². The zero-order chi connectivity index (χ0) is 13.3. The van der Waals surface area contributed by atoms with Crippen molar-refractivity contribution in [2.24, 2.45) is 7.05 Å². The van der Waals surface area contributed by atoms with Crippen LogP contribution in [0.3, 0.4) is 0 Å². The van der Waals surface area contributed by atoms with E-state index in [4.69, 9.17) is 0 Å². The molecule has 0 radical (unpaired) electrons. The summed E-state index contributed by atoms with van der Waals surface area (Å²) in [6.07, 6.45) is 1.94. The Hall–Kier alpha value is -2.38. The molecule has 2 N–H and O–H groups in total. The maximum absolute atomic E-state index is 11.5. The van der Waals surface area contributed by atoms with Crippen LogP contribution in [0.25, 0.3) is 0 Å². The van der Waals surface area contributed by atoms with Gasteiger partial charge in [-0.1, -0.05) is 0 Å². The number of nitrogens with zero attached hydrogens (tertiary/aromatic N) is 4. The molecular weight excluding hydrogens is 238 g/mol. The van der Waals surface area contributed by atoms with Gasteiger partial charge in [0.2, 0.25) is 5.88 Å². The monoisotopic (exact) mass is 251 g/mol. The minimum Gasteiger partial charge on any atom is -0.494 e. The molecule has 0 saturated heterocycles. The van der Waals surface area contributed by atoms with Crippen molar-refractivity contribution in [2.75, 3.05) is 0 Å². The van der Waals surface area contributed by atoms with E-state index in [1.807, 2.05) is 0 Å². The number of rotatable bonds is 3. The molecule has 0 aliphatic heterocycles. The van der Waals surface area contributed by atoms with Crippen LogP contribution in [0.15, 0.2) is 15.9 Å². The Balaban J connectivity index is 2.27. The Morgan fingerprint density at radius 1 is 1.44 bits per heavy atom. The molecule has 0 spiro atoms. The summed E-state index contributed by atoms with van der Waals surface area (Å²) >= 11 is 0. The van der Waals surface area contributed by atoms with Crippen molar-refractivity contribution < 1.29 is 5.11 Å². The maximum Gasteiger partial charge on any atom is 0.331 e. The number of aromatic nitrogens is 5. The van der Waals surface area contributed by atoms with Crippen LogP contribution in [0.1, 0.15) is 11.4 Å². The van der Waals surface area contributed by atoms with Gasteiger partial charge in [-0.25, -0.2) is 9.78 Å². The fraction of sp³-hybridized carbons (Fsp3) is 0.400. The molecule has 8 nitrogen and oxygen atoms in total. The number of H-pyrrole nitrogens is 1. The quantitative estimate of drug-likeness (QED) is 0.722. The van der Waals surface area contributed by atoms with Crippen molar-refractivity contribution in [3.8, 4) is 5.88 Å². The van der Waals surface area contributed by atoms with Crippen molar-refractivity contribution in [3.63, 3.8) is 0 Å². The molecule has 18 heavy (non-hydrogen) atoms. The summed E-state index contributed by atoms with van der Waals surface area (Å²) in [4.78, 5) is 28.9. The largest absolute Gasteiger partial charge is 0.494 e. The first kappa shape index (κ1) is 12.1. The normalized spacial score (nSPS) is 10.8. The molecule has 0 saturated carbocycles. The van der Waals surface area contributed by atoms with Crippen LogP contribution in [0, 0.1) is 6.92 Å². The lowest BCUT2D eigenvalue weighted by Crippen LogP contribution is -2.31. The highest BCUT2D eigenvalue weighted by molar-refractivity contribution is 5.20. The van der Waals surface area contributed by atoms with E-state index in [9.17, 15) is 14.7 Å². The van der Waals surface area contributed by atoms with Crippen molar-refractivity contribution in [2.45, 2.75) is 19.9 Å². The zero-order valence-electron chi connectivity index (χ0n) is 10.0. The lowest BCUT2D eigenvalue weighted by molar-refractivity contribution is 0.394. The summed E-state index contributed by atoms with van der Waals surface area (Å²) in [6.45, 7) is 1.65. The third-order valence-corrected chi connectivity index (χ3v) is 2.60. The second-order valence-electron chi connectivity index (χ2n) is 3.94. The molecule has 0 aromatic carbocycles. The predicted octanol–water partition coefficient (Wildman–Crippen LogP) is -1.08. The van der Waals surface area contributed by atoms with Crippen LogP contribution >= 0.6 is 0 Å². The van der Waals surface area contributed by atoms with Gasteiger partial charge in [0.25, 0.3) is 5.56 Å². The van der Waals surface area contributed by atoms with Crippen molar-refractivity contribution in [3.05, 3.63) is 38.6 Å². The number of hydrogen-bond acceptors (Lipinski definition) is 5. The van der Waals surface area contributed by atoms with Crippen LogP contribution in [-0.2, 0) is 20.0 Å². The Labute approximate surface area is 102 Å². The van der Waals surface area contributed by atoms with E-state index in [1.165, 1.54) is 6.92 Å². The molecular formula is C10H13N5O3. The topological polar surface area (TPSA) is 106 Å². The van der Waals surface area contributed by atoms with Crippen LogP contribution in [0.2, 0.25) is 0 Å². The molecule has 0 aliphatic carbocycles. The first-order chi connectivity index (χ1) is 8.49. The molecule has 0 atom stereocenters. The first-order valence-corrected chi connectivity index (χ1v) is 5.36. The Morgan fingerprint density at radius 3 is 2.78 bits per heavy atom. The molecule has 0 bridgehead atoms. The second kappa shape index (κ2) is 4.47. The standard InChI is InChI=1S/C10H13N5O3/c1-6-8(16)12-10(18)15(9(6)17)4-3-7-11-5-14(2)13-7/h5,17H,3-4H2,1-2H3,(H,12,16,18). The summed E-state index contributed by atoms with van der Waals surface area (Å²) in [5, 5.41) is 13.8. The average Bonchev–Trinajstić information content (AvgIpc) is 2.72. The molecule has 0 unspecified atom stereocenters. The molecule has 0 fully saturated rings. The van der Waals surface area contributed by atoms with Crippen LogP contribution < -0.4 is 11.2 Å². The van der Waals surface area contributed by atoms with Gasteiger partial charge < -0.3 is 5.11 Å². The number of nitrogens with one attached hydrogen (secondary N) is 1. The minimum atomic E-state index is -0.640. The van der Waals surface area contributed by atoms with E-state index in [1.54, 1.807) is 18.1 Å². The van der Waals surface area contributed by atoms with Gasteiger partial charge in [0.15, 0.2) is 5.82 Å². The van der Waals surface area contributed by atoms with E-state index in [2.05, 4.69) is 15.1 Å². The summed E-state index contributed by atoms with van der Waals surface area (Å²) < 4.78 is 2.64. The number of hydrogen-bond donors (Lipinski definition) is 2. The molecule has 2 heterocycles. The van der Waals surface area contributed by atoms with Crippen LogP contribution in [-0.4, -0.2) is 29.4 Å². The van der Waals surface area contributed by atoms with Crippen molar-refractivity contribution in [1.82, 2.24) is 24.3 Å². The molecule has 2 rings (SSSR count). The molecule has 96 valence electrons. The average molecular weight is 251 g/mol. The number of aromatic hydroxyl groups is 1. The third-order valence-electron chi connectivity index (χ3n) is 2.60. The van der Waals surface area contributed by atoms with Crippen LogP contribution in [0.5, 0.6) is 5.88 Å². The summed E-state index contributed by atoms with van der Waals surface area (Å²) in [5.41, 5.74) is -1.10. The van der Waals surface area contributed by atoms with E-state index >= 15 is 0 Å². The maximum atomic E-state index is 11.5. The van der Waals surface area contributed by atoms with Gasteiger partial charge in [0.05, 0.1) is 5.56 Å². The highest BCUT2D eigenvalue weighted by Gasteiger charge is 2.10. The van der Waals surface area contributed by atoms with Crippen molar-refractivity contribution in [1.29, 1.82) is 0 Å². The Bertz CT molecular complexity index is 682. The van der Waals surface area contributed by atoms with Gasteiger partial charge >= 0.3 is 5.69 Å². The highest BCUT2D eigenvalue weighted by Crippen LogP contribution is 2.08. The fourth-order valence-corrected chi connectivity index (χ4v) is 1.58. The summed E-state index contributed by atoms with van der Waals surface area (Å²) in [6, 6.07) is 0. The van der Waals surface area contributed by atoms with Gasteiger partial charge in [-0.2, -0.15) is 5.10 Å². The predicted molar refractivity (Wildman–Crippen MR) is 62.4 cm³/mol. The second-order valence-corrected chi connectivity index (χ2v) is 3.94. The van der Waals surface area contributed by atoms with Gasteiger partial charge in [-0.05, 0) is 6.92 Å². The van der Waals surface area contributed by atoms with E-state index < -0.39 is 11.2 Å².